The normalized spacial score (nSPS) is 15.1. The van der Waals surface area contributed by atoms with Crippen molar-refractivity contribution < 1.29 is 29.1 Å². The van der Waals surface area contributed by atoms with Crippen LogP contribution in [0.4, 0.5) is 0 Å². The molecule has 0 heterocycles. The fraction of sp³-hybridized carbons (Fsp3) is 0.688. The maximum atomic E-state index is 12.3. The predicted octanol–water partition coefficient (Wildman–Crippen LogP) is -2.28. The van der Waals surface area contributed by atoms with Crippen molar-refractivity contribution in [2.24, 2.45) is 17.4 Å². The summed E-state index contributed by atoms with van der Waals surface area (Å²) in [7, 11) is 0. The van der Waals surface area contributed by atoms with Gasteiger partial charge in [-0.05, 0) is 19.3 Å². The molecule has 0 saturated carbocycles. The molecule has 0 aliphatic heterocycles. The van der Waals surface area contributed by atoms with Gasteiger partial charge in [-0.1, -0.05) is 13.8 Å². The number of hydrogen-bond acceptors (Lipinski definition) is 7. The Kier molecular flexibility index (Phi) is 11.2. The maximum Gasteiger partial charge on any atom is 0.327 e. The first-order valence-electron chi connectivity index (χ1n) is 8.69. The molecule has 0 aromatic rings. The van der Waals surface area contributed by atoms with E-state index in [0.717, 1.165) is 0 Å². The minimum absolute atomic E-state index is 0.140. The number of hydrogen-bond donors (Lipinski definition) is 7. The Hall–Kier alpha value is -2.34. The lowest BCUT2D eigenvalue weighted by molar-refractivity contribution is -0.141. The molecule has 0 saturated heterocycles. The molecule has 0 rings (SSSR count). The average Bonchev–Trinajstić information content (AvgIpc) is 2.60. The molecule has 28 heavy (non-hydrogen) atoms. The molecule has 8 N–H and O–H groups in total. The van der Waals surface area contributed by atoms with Gasteiger partial charge in [0.15, 0.2) is 0 Å². The number of thiol groups is 1. The SMILES string of the molecule is CC(NC(=O)C(N)C(C)C)C(=O)NC(CCC(N)=O)C(=O)NC(CS)C(=O)O. The Morgan fingerprint density at radius 3 is 1.89 bits per heavy atom. The van der Waals surface area contributed by atoms with Gasteiger partial charge in [-0.2, -0.15) is 12.6 Å². The summed E-state index contributed by atoms with van der Waals surface area (Å²) in [6.07, 6.45) is -0.353. The van der Waals surface area contributed by atoms with Crippen LogP contribution in [0.3, 0.4) is 0 Å². The second-order valence-electron chi connectivity index (χ2n) is 6.65. The Balaban J connectivity index is 5.08. The lowest BCUT2D eigenvalue weighted by atomic mass is 10.0. The molecule has 0 aromatic heterocycles. The van der Waals surface area contributed by atoms with E-state index in [1.165, 1.54) is 6.92 Å². The van der Waals surface area contributed by atoms with E-state index < -0.39 is 53.8 Å². The van der Waals surface area contributed by atoms with Crippen LogP contribution in [-0.2, 0) is 24.0 Å². The molecule has 0 radical (unpaired) electrons. The summed E-state index contributed by atoms with van der Waals surface area (Å²) in [5.74, 6) is -4.35. The first-order valence-corrected chi connectivity index (χ1v) is 9.32. The molecule has 0 aliphatic carbocycles. The molecular weight excluding hydrogens is 390 g/mol. The number of carbonyl (C=O) groups excluding carboxylic acids is 4. The van der Waals surface area contributed by atoms with E-state index in [4.69, 9.17) is 16.6 Å². The maximum absolute atomic E-state index is 12.3. The second kappa shape index (κ2) is 12.2. The minimum Gasteiger partial charge on any atom is -0.480 e. The van der Waals surface area contributed by atoms with Crippen LogP contribution in [0.5, 0.6) is 0 Å². The molecule has 0 spiro atoms. The lowest BCUT2D eigenvalue weighted by Gasteiger charge is -2.23. The summed E-state index contributed by atoms with van der Waals surface area (Å²) in [4.78, 5) is 58.7. The van der Waals surface area contributed by atoms with E-state index in [9.17, 15) is 24.0 Å². The molecule has 4 amide bonds. The molecule has 0 fully saturated rings. The van der Waals surface area contributed by atoms with Crippen molar-refractivity contribution >= 4 is 42.2 Å². The topological polar surface area (TPSA) is 194 Å². The monoisotopic (exact) mass is 419 g/mol. The summed E-state index contributed by atoms with van der Waals surface area (Å²) in [5, 5.41) is 16.0. The third-order valence-corrected chi connectivity index (χ3v) is 4.25. The van der Waals surface area contributed by atoms with Crippen molar-refractivity contribution in [2.75, 3.05) is 5.75 Å². The predicted molar refractivity (Wildman–Crippen MR) is 104 cm³/mol. The number of aliphatic carboxylic acids is 1. The van der Waals surface area contributed by atoms with Crippen LogP contribution in [0.1, 0.15) is 33.6 Å². The van der Waals surface area contributed by atoms with Gasteiger partial charge >= 0.3 is 5.97 Å². The van der Waals surface area contributed by atoms with Crippen LogP contribution in [0.15, 0.2) is 0 Å². The van der Waals surface area contributed by atoms with E-state index >= 15 is 0 Å². The average molecular weight is 420 g/mol. The molecular formula is C16H29N5O6S. The van der Waals surface area contributed by atoms with Gasteiger partial charge in [-0.25, -0.2) is 4.79 Å². The first kappa shape index (κ1) is 25.7. The van der Waals surface area contributed by atoms with Crippen LogP contribution in [-0.4, -0.2) is 64.6 Å². The van der Waals surface area contributed by atoms with Gasteiger partial charge in [0.1, 0.15) is 18.1 Å². The third kappa shape index (κ3) is 9.04. The van der Waals surface area contributed by atoms with Gasteiger partial charge in [0.25, 0.3) is 0 Å². The highest BCUT2D eigenvalue weighted by atomic mass is 32.1. The van der Waals surface area contributed by atoms with E-state index in [1.807, 2.05) is 0 Å². The highest BCUT2D eigenvalue weighted by Crippen LogP contribution is 2.02. The third-order valence-electron chi connectivity index (χ3n) is 3.88. The standard InChI is InChI=1S/C16H29N5O6S/c1-7(2)12(18)15(25)19-8(3)13(23)20-9(4-5-11(17)22)14(24)21-10(6-28)16(26)27/h7-10,12,28H,4-6,18H2,1-3H3,(H2,17,22)(H,19,25)(H,20,23)(H,21,24)(H,26,27). The largest absolute Gasteiger partial charge is 0.480 e. The number of carboxylic acid groups (broad SMARTS) is 1. The summed E-state index contributed by atoms with van der Waals surface area (Å²) >= 11 is 3.84. The van der Waals surface area contributed by atoms with Crippen LogP contribution in [0.25, 0.3) is 0 Å². The summed E-state index contributed by atoms with van der Waals surface area (Å²) in [6, 6.07) is -4.32. The van der Waals surface area contributed by atoms with Gasteiger partial charge in [0.05, 0.1) is 6.04 Å². The zero-order valence-corrected chi connectivity index (χ0v) is 17.0. The van der Waals surface area contributed by atoms with E-state index in [2.05, 4.69) is 28.6 Å². The summed E-state index contributed by atoms with van der Waals surface area (Å²) in [5.41, 5.74) is 10.8. The first-order chi connectivity index (χ1) is 12.9. The van der Waals surface area contributed by atoms with Gasteiger partial charge < -0.3 is 32.5 Å². The molecule has 4 atom stereocenters. The van der Waals surface area contributed by atoms with Crippen molar-refractivity contribution in [1.29, 1.82) is 0 Å². The van der Waals surface area contributed by atoms with Crippen LogP contribution >= 0.6 is 12.6 Å². The lowest BCUT2D eigenvalue weighted by Crippen LogP contribution is -2.57. The van der Waals surface area contributed by atoms with Crippen molar-refractivity contribution in [3.05, 3.63) is 0 Å². The number of amides is 4. The number of nitrogens with two attached hydrogens (primary N) is 2. The van der Waals surface area contributed by atoms with Gasteiger partial charge in [-0.3, -0.25) is 19.2 Å². The number of nitrogens with one attached hydrogen (secondary N) is 3. The quantitative estimate of drug-likeness (QED) is 0.173. The Morgan fingerprint density at radius 2 is 1.46 bits per heavy atom. The van der Waals surface area contributed by atoms with Crippen molar-refractivity contribution in [3.63, 3.8) is 0 Å². The molecule has 160 valence electrons. The van der Waals surface area contributed by atoms with E-state index in [-0.39, 0.29) is 24.5 Å². The van der Waals surface area contributed by atoms with Crippen LogP contribution in [0, 0.1) is 5.92 Å². The highest BCUT2D eigenvalue weighted by Gasteiger charge is 2.28. The molecule has 0 aromatic carbocycles. The summed E-state index contributed by atoms with van der Waals surface area (Å²) < 4.78 is 0. The number of carbonyl (C=O) groups is 5. The molecule has 0 bridgehead atoms. The van der Waals surface area contributed by atoms with E-state index in [1.54, 1.807) is 13.8 Å². The van der Waals surface area contributed by atoms with Gasteiger partial charge in [-0.15, -0.1) is 0 Å². The number of primary amides is 1. The fourth-order valence-corrected chi connectivity index (χ4v) is 2.24. The van der Waals surface area contributed by atoms with E-state index in [0.29, 0.717) is 0 Å². The van der Waals surface area contributed by atoms with Crippen molar-refractivity contribution in [2.45, 2.75) is 57.8 Å². The van der Waals surface area contributed by atoms with Crippen molar-refractivity contribution in [1.82, 2.24) is 16.0 Å². The summed E-state index contributed by atoms with van der Waals surface area (Å²) in [6.45, 7) is 4.90. The smallest absolute Gasteiger partial charge is 0.327 e. The van der Waals surface area contributed by atoms with Crippen LogP contribution in [0.2, 0.25) is 0 Å². The highest BCUT2D eigenvalue weighted by molar-refractivity contribution is 7.80. The molecule has 12 heteroatoms. The Morgan fingerprint density at radius 1 is 0.929 bits per heavy atom. The van der Waals surface area contributed by atoms with Gasteiger partial charge in [0, 0.05) is 12.2 Å². The fourth-order valence-electron chi connectivity index (χ4n) is 1.99. The van der Waals surface area contributed by atoms with Crippen LogP contribution < -0.4 is 27.4 Å². The van der Waals surface area contributed by atoms with Gasteiger partial charge in [0.2, 0.25) is 23.6 Å². The zero-order valence-electron chi connectivity index (χ0n) is 16.1. The molecule has 11 nitrogen and oxygen atoms in total. The zero-order chi connectivity index (χ0) is 22.0. The Labute approximate surface area is 168 Å². The minimum atomic E-state index is -1.30. The number of rotatable bonds is 12. The van der Waals surface area contributed by atoms with Crippen molar-refractivity contribution in [3.8, 4) is 0 Å². The second-order valence-corrected chi connectivity index (χ2v) is 7.01. The Bertz CT molecular complexity index is 600. The molecule has 4 unspecified atom stereocenters. The number of carboxylic acids is 1. The molecule has 0 aliphatic rings.